The van der Waals surface area contributed by atoms with Crippen molar-refractivity contribution in [2.75, 3.05) is 10.2 Å². The molecule has 1 aliphatic carbocycles. The number of Topliss-reactive ketones (excluding diaryl/α,β-unsaturated/α-hetero) is 1. The summed E-state index contributed by atoms with van der Waals surface area (Å²) in [5.74, 6) is -0.502. The summed E-state index contributed by atoms with van der Waals surface area (Å²) >= 11 is 0. The van der Waals surface area contributed by atoms with Crippen molar-refractivity contribution in [3.05, 3.63) is 71.2 Å². The first-order chi connectivity index (χ1) is 13.3. The second-order valence-electron chi connectivity index (χ2n) is 8.32. The molecule has 1 amide bonds. The van der Waals surface area contributed by atoms with Crippen LogP contribution in [0.25, 0.3) is 0 Å². The molecule has 1 atom stereocenters. The standard InChI is InChI=1S/C23H23FN2O2/c1-14(27)26-19-7-5-4-6-17(19)25-18-12-23(2,3)13-20(28)21(18)22(26)15-8-10-16(24)11-9-15/h4-11,22,25H,12-13H2,1-3H3/t22-/m1/s1. The summed E-state index contributed by atoms with van der Waals surface area (Å²) in [6.07, 6.45) is 1.11. The van der Waals surface area contributed by atoms with Gasteiger partial charge in [0.05, 0.1) is 17.4 Å². The quantitative estimate of drug-likeness (QED) is 0.761. The molecular formula is C23H23FN2O2. The molecule has 4 nitrogen and oxygen atoms in total. The molecule has 0 aromatic heterocycles. The molecule has 2 aromatic rings. The van der Waals surface area contributed by atoms with Gasteiger partial charge in [-0.3, -0.25) is 14.5 Å². The average molecular weight is 378 g/mol. The summed E-state index contributed by atoms with van der Waals surface area (Å²) in [6.45, 7) is 5.64. The monoisotopic (exact) mass is 378 g/mol. The Labute approximate surface area is 164 Å². The van der Waals surface area contributed by atoms with Gasteiger partial charge in [0.25, 0.3) is 0 Å². The van der Waals surface area contributed by atoms with Crippen molar-refractivity contribution in [2.24, 2.45) is 5.41 Å². The van der Waals surface area contributed by atoms with Crippen molar-refractivity contribution in [1.29, 1.82) is 0 Å². The molecule has 1 N–H and O–H groups in total. The van der Waals surface area contributed by atoms with E-state index in [2.05, 4.69) is 19.2 Å². The topological polar surface area (TPSA) is 49.4 Å². The van der Waals surface area contributed by atoms with Crippen molar-refractivity contribution >= 4 is 23.1 Å². The minimum atomic E-state index is -0.590. The number of carbonyl (C=O) groups excluding carboxylic acids is 2. The second kappa shape index (κ2) is 6.59. The largest absolute Gasteiger partial charge is 0.357 e. The molecule has 2 aromatic carbocycles. The first kappa shape index (κ1) is 18.4. The fourth-order valence-corrected chi connectivity index (χ4v) is 4.30. The van der Waals surface area contributed by atoms with Gasteiger partial charge in [0, 0.05) is 24.6 Å². The van der Waals surface area contributed by atoms with Crippen LogP contribution in [-0.4, -0.2) is 11.7 Å². The fourth-order valence-electron chi connectivity index (χ4n) is 4.30. The Morgan fingerprint density at radius 1 is 1.11 bits per heavy atom. The van der Waals surface area contributed by atoms with Crippen LogP contribution in [0, 0.1) is 11.2 Å². The van der Waals surface area contributed by atoms with Gasteiger partial charge in [-0.2, -0.15) is 0 Å². The van der Waals surface area contributed by atoms with Gasteiger partial charge in [-0.25, -0.2) is 4.39 Å². The van der Waals surface area contributed by atoms with Gasteiger partial charge < -0.3 is 5.32 Å². The number of nitrogens with zero attached hydrogens (tertiary/aromatic N) is 1. The molecule has 0 saturated carbocycles. The van der Waals surface area contributed by atoms with Crippen molar-refractivity contribution in [2.45, 2.75) is 39.7 Å². The number of para-hydroxylation sites is 2. The highest BCUT2D eigenvalue weighted by molar-refractivity contribution is 6.05. The Morgan fingerprint density at radius 3 is 2.46 bits per heavy atom. The molecule has 4 rings (SSSR count). The molecule has 0 saturated heterocycles. The van der Waals surface area contributed by atoms with Gasteiger partial charge in [-0.15, -0.1) is 0 Å². The Balaban J connectivity index is 2.00. The van der Waals surface area contributed by atoms with E-state index in [0.717, 1.165) is 16.9 Å². The van der Waals surface area contributed by atoms with Crippen molar-refractivity contribution in [1.82, 2.24) is 0 Å². The number of hydrogen-bond acceptors (Lipinski definition) is 3. The first-order valence-electron chi connectivity index (χ1n) is 9.44. The fraction of sp³-hybridized carbons (Fsp3) is 0.304. The predicted molar refractivity (Wildman–Crippen MR) is 107 cm³/mol. The zero-order chi connectivity index (χ0) is 20.1. The van der Waals surface area contributed by atoms with E-state index in [1.807, 2.05) is 24.3 Å². The van der Waals surface area contributed by atoms with E-state index < -0.39 is 6.04 Å². The molecule has 0 bridgehead atoms. The van der Waals surface area contributed by atoms with E-state index in [4.69, 9.17) is 0 Å². The lowest BCUT2D eigenvalue weighted by Gasteiger charge is -2.36. The molecule has 0 fully saturated rings. The molecule has 5 heteroatoms. The van der Waals surface area contributed by atoms with E-state index in [9.17, 15) is 14.0 Å². The van der Waals surface area contributed by atoms with Gasteiger partial charge in [0.2, 0.25) is 5.91 Å². The van der Waals surface area contributed by atoms with E-state index >= 15 is 0 Å². The second-order valence-corrected chi connectivity index (χ2v) is 8.32. The summed E-state index contributed by atoms with van der Waals surface area (Å²) < 4.78 is 13.6. The molecule has 144 valence electrons. The minimum Gasteiger partial charge on any atom is -0.357 e. The van der Waals surface area contributed by atoms with Crippen LogP contribution >= 0.6 is 0 Å². The predicted octanol–water partition coefficient (Wildman–Crippen LogP) is 4.99. The third kappa shape index (κ3) is 3.11. The van der Waals surface area contributed by atoms with Crippen molar-refractivity contribution < 1.29 is 14.0 Å². The number of benzene rings is 2. The van der Waals surface area contributed by atoms with E-state index in [1.54, 1.807) is 17.0 Å². The summed E-state index contributed by atoms with van der Waals surface area (Å²) in [5.41, 5.74) is 3.49. The summed E-state index contributed by atoms with van der Waals surface area (Å²) in [7, 11) is 0. The number of halogens is 1. The SMILES string of the molecule is CC(=O)N1c2ccccc2NC2=C(C(=O)CC(C)(C)C2)[C@H]1c1ccc(F)cc1. The maximum atomic E-state index is 13.6. The smallest absolute Gasteiger partial charge is 0.224 e. The Bertz CT molecular complexity index is 992. The van der Waals surface area contributed by atoms with E-state index in [0.29, 0.717) is 24.1 Å². The molecule has 2 aliphatic rings. The molecule has 0 radical (unpaired) electrons. The highest BCUT2D eigenvalue weighted by atomic mass is 19.1. The Morgan fingerprint density at radius 2 is 1.79 bits per heavy atom. The number of anilines is 2. The number of amides is 1. The maximum Gasteiger partial charge on any atom is 0.224 e. The lowest BCUT2D eigenvalue weighted by atomic mass is 9.73. The molecule has 28 heavy (non-hydrogen) atoms. The van der Waals surface area contributed by atoms with Crippen molar-refractivity contribution in [3.63, 3.8) is 0 Å². The number of hydrogen-bond donors (Lipinski definition) is 1. The van der Waals surface area contributed by atoms with Crippen LogP contribution in [0.2, 0.25) is 0 Å². The number of rotatable bonds is 1. The van der Waals surface area contributed by atoms with E-state index in [1.165, 1.54) is 19.1 Å². The zero-order valence-corrected chi connectivity index (χ0v) is 16.3. The number of allylic oxidation sites excluding steroid dienone is 1. The van der Waals surface area contributed by atoms with Crippen LogP contribution in [0.5, 0.6) is 0 Å². The highest BCUT2D eigenvalue weighted by Crippen LogP contribution is 2.48. The number of fused-ring (bicyclic) bond motifs is 1. The average Bonchev–Trinajstić information content (AvgIpc) is 2.75. The summed E-state index contributed by atoms with van der Waals surface area (Å²) in [6, 6.07) is 13.0. The third-order valence-electron chi connectivity index (χ3n) is 5.43. The van der Waals surface area contributed by atoms with E-state index in [-0.39, 0.29) is 22.9 Å². The molecule has 1 aliphatic heterocycles. The molecule has 0 unspecified atom stereocenters. The van der Waals surface area contributed by atoms with Gasteiger partial charge >= 0.3 is 0 Å². The van der Waals surface area contributed by atoms with Crippen molar-refractivity contribution in [3.8, 4) is 0 Å². The molecule has 0 spiro atoms. The van der Waals surface area contributed by atoms with Crippen LogP contribution in [0.1, 0.15) is 45.2 Å². The highest BCUT2D eigenvalue weighted by Gasteiger charge is 2.42. The molecule has 1 heterocycles. The normalized spacial score (nSPS) is 20.8. The minimum absolute atomic E-state index is 0.0205. The Hall–Kier alpha value is -2.95. The Kier molecular flexibility index (Phi) is 4.33. The summed E-state index contributed by atoms with van der Waals surface area (Å²) in [5, 5.41) is 3.43. The first-order valence-corrected chi connectivity index (χ1v) is 9.44. The third-order valence-corrected chi connectivity index (χ3v) is 5.43. The number of nitrogens with one attached hydrogen (secondary N) is 1. The lowest BCUT2D eigenvalue weighted by molar-refractivity contribution is -0.118. The van der Waals surface area contributed by atoms with Crippen LogP contribution in [-0.2, 0) is 9.59 Å². The van der Waals surface area contributed by atoms with Crippen LogP contribution < -0.4 is 10.2 Å². The number of carbonyl (C=O) groups is 2. The zero-order valence-electron chi connectivity index (χ0n) is 16.3. The van der Waals surface area contributed by atoms with Crippen LogP contribution in [0.4, 0.5) is 15.8 Å². The van der Waals surface area contributed by atoms with Gasteiger partial charge in [-0.05, 0) is 41.7 Å². The lowest BCUT2D eigenvalue weighted by Crippen LogP contribution is -2.38. The van der Waals surface area contributed by atoms with Gasteiger partial charge in [-0.1, -0.05) is 38.1 Å². The maximum absolute atomic E-state index is 13.6. The number of ketones is 1. The van der Waals surface area contributed by atoms with Gasteiger partial charge in [0.1, 0.15) is 5.82 Å². The van der Waals surface area contributed by atoms with Crippen LogP contribution in [0.15, 0.2) is 59.8 Å². The van der Waals surface area contributed by atoms with Crippen LogP contribution in [0.3, 0.4) is 0 Å². The van der Waals surface area contributed by atoms with Gasteiger partial charge in [0.15, 0.2) is 5.78 Å². The summed E-state index contributed by atoms with van der Waals surface area (Å²) in [4.78, 5) is 27.7. The molecular weight excluding hydrogens is 355 g/mol.